The van der Waals surface area contributed by atoms with Gasteiger partial charge < -0.3 is 14.9 Å². The molecule has 2 N–H and O–H groups in total. The smallest absolute Gasteiger partial charge is 0.306 e. The highest BCUT2D eigenvalue weighted by Gasteiger charge is 2.33. The summed E-state index contributed by atoms with van der Waals surface area (Å²) in [6, 6.07) is 1.54. The molecule has 1 aliphatic rings. The van der Waals surface area contributed by atoms with E-state index >= 15 is 0 Å². The van der Waals surface area contributed by atoms with E-state index in [1.807, 2.05) is 0 Å². The fraction of sp³-hybridized carbons (Fsp3) is 0.500. The van der Waals surface area contributed by atoms with Crippen LogP contribution in [0.3, 0.4) is 0 Å². The molecule has 0 saturated heterocycles. The van der Waals surface area contributed by atoms with E-state index in [0.717, 1.165) is 0 Å². The summed E-state index contributed by atoms with van der Waals surface area (Å²) in [6.07, 6.45) is 2.94. The first kappa shape index (κ1) is 10.7. The average Bonchev–Trinajstić information content (AvgIpc) is 2.86. The maximum absolute atomic E-state index is 11.7. The van der Waals surface area contributed by atoms with E-state index in [9.17, 15) is 9.59 Å². The maximum Gasteiger partial charge on any atom is 0.306 e. The molecule has 0 radical (unpaired) electrons. The Morgan fingerprint density at radius 1 is 1.44 bits per heavy atom. The number of nitrogens with zero attached hydrogens (tertiary/aromatic N) is 1. The Labute approximate surface area is 91.6 Å². The Kier molecular flexibility index (Phi) is 2.89. The van der Waals surface area contributed by atoms with Crippen LogP contribution >= 0.6 is 0 Å². The summed E-state index contributed by atoms with van der Waals surface area (Å²) in [4.78, 5) is 22.4. The van der Waals surface area contributed by atoms with Crippen LogP contribution in [-0.2, 0) is 9.59 Å². The second-order valence-electron chi connectivity index (χ2n) is 3.92. The summed E-state index contributed by atoms with van der Waals surface area (Å²) in [7, 11) is 0. The number of hydrogen-bond acceptors (Lipinski definition) is 4. The molecular formula is C10H12N2O4. The van der Waals surface area contributed by atoms with Crippen LogP contribution in [0.5, 0.6) is 0 Å². The standard InChI is InChI=1S/C10H12N2O4/c13-9(11-8-3-4-16-12-8)6-1-2-7(5-6)10(14)15/h3-4,6-7H,1-2,5H2,(H,14,15)(H,11,12,13). The van der Waals surface area contributed by atoms with Crippen molar-refractivity contribution < 1.29 is 19.2 Å². The first-order valence-corrected chi connectivity index (χ1v) is 5.11. The molecule has 1 fully saturated rings. The lowest BCUT2D eigenvalue weighted by molar-refractivity contribution is -0.141. The molecule has 1 aromatic rings. The quantitative estimate of drug-likeness (QED) is 0.802. The minimum Gasteiger partial charge on any atom is -0.481 e. The van der Waals surface area contributed by atoms with E-state index in [4.69, 9.17) is 5.11 Å². The normalized spacial score (nSPS) is 24.2. The van der Waals surface area contributed by atoms with Crippen LogP contribution in [0.1, 0.15) is 19.3 Å². The van der Waals surface area contributed by atoms with Gasteiger partial charge in [-0.05, 0) is 19.3 Å². The zero-order chi connectivity index (χ0) is 11.5. The third-order valence-electron chi connectivity index (χ3n) is 2.84. The van der Waals surface area contributed by atoms with Crippen molar-refractivity contribution in [2.45, 2.75) is 19.3 Å². The Morgan fingerprint density at radius 3 is 2.75 bits per heavy atom. The molecule has 6 nitrogen and oxygen atoms in total. The molecule has 1 heterocycles. The Bertz CT molecular complexity index is 388. The topological polar surface area (TPSA) is 92.4 Å². The number of carboxylic acid groups (broad SMARTS) is 1. The fourth-order valence-electron chi connectivity index (χ4n) is 1.95. The molecule has 16 heavy (non-hydrogen) atoms. The molecule has 1 amide bonds. The number of amides is 1. The van der Waals surface area contributed by atoms with Gasteiger partial charge >= 0.3 is 5.97 Å². The maximum atomic E-state index is 11.7. The van der Waals surface area contributed by atoms with Crippen molar-refractivity contribution in [3.8, 4) is 0 Å². The predicted octanol–water partition coefficient (Wildman–Crippen LogP) is 1.11. The van der Waals surface area contributed by atoms with Gasteiger partial charge in [0, 0.05) is 12.0 Å². The lowest BCUT2D eigenvalue weighted by Gasteiger charge is -2.07. The molecule has 2 unspecified atom stereocenters. The first-order chi connectivity index (χ1) is 7.66. The third-order valence-corrected chi connectivity index (χ3v) is 2.84. The molecule has 0 aromatic carbocycles. The number of aliphatic carboxylic acids is 1. The molecule has 2 rings (SSSR count). The van der Waals surface area contributed by atoms with Crippen molar-refractivity contribution in [1.29, 1.82) is 0 Å². The fourth-order valence-corrected chi connectivity index (χ4v) is 1.95. The SMILES string of the molecule is O=C(O)C1CCC(C(=O)Nc2ccon2)C1. The Hall–Kier alpha value is -1.85. The number of rotatable bonds is 3. The van der Waals surface area contributed by atoms with Gasteiger partial charge in [0.15, 0.2) is 5.82 Å². The van der Waals surface area contributed by atoms with Crippen LogP contribution in [0.2, 0.25) is 0 Å². The van der Waals surface area contributed by atoms with Crippen LogP contribution in [0.4, 0.5) is 5.82 Å². The molecule has 1 aliphatic carbocycles. The zero-order valence-electron chi connectivity index (χ0n) is 8.55. The van der Waals surface area contributed by atoms with E-state index in [-0.39, 0.29) is 11.8 Å². The highest BCUT2D eigenvalue weighted by Crippen LogP contribution is 2.31. The summed E-state index contributed by atoms with van der Waals surface area (Å²) < 4.78 is 4.58. The van der Waals surface area contributed by atoms with E-state index in [1.165, 1.54) is 6.26 Å². The van der Waals surface area contributed by atoms with E-state index in [0.29, 0.717) is 25.1 Å². The number of anilines is 1. The van der Waals surface area contributed by atoms with E-state index in [1.54, 1.807) is 6.07 Å². The Morgan fingerprint density at radius 2 is 2.19 bits per heavy atom. The number of carbonyl (C=O) groups excluding carboxylic acids is 1. The highest BCUT2D eigenvalue weighted by atomic mass is 16.5. The van der Waals surface area contributed by atoms with Crippen molar-refractivity contribution in [2.75, 3.05) is 5.32 Å². The molecule has 0 bridgehead atoms. The number of aromatic nitrogens is 1. The Balaban J connectivity index is 1.90. The van der Waals surface area contributed by atoms with Gasteiger partial charge in [-0.25, -0.2) is 0 Å². The molecule has 0 spiro atoms. The summed E-state index contributed by atoms with van der Waals surface area (Å²) in [5.74, 6) is -1.27. The predicted molar refractivity (Wildman–Crippen MR) is 53.6 cm³/mol. The van der Waals surface area contributed by atoms with Gasteiger partial charge in [0.05, 0.1) is 5.92 Å². The van der Waals surface area contributed by atoms with Gasteiger partial charge in [0.1, 0.15) is 6.26 Å². The zero-order valence-corrected chi connectivity index (χ0v) is 8.55. The lowest BCUT2D eigenvalue weighted by Crippen LogP contribution is -2.21. The van der Waals surface area contributed by atoms with Gasteiger partial charge in [0.25, 0.3) is 0 Å². The van der Waals surface area contributed by atoms with Gasteiger partial charge in [0.2, 0.25) is 5.91 Å². The monoisotopic (exact) mass is 224 g/mol. The van der Waals surface area contributed by atoms with Crippen molar-refractivity contribution in [3.05, 3.63) is 12.3 Å². The third kappa shape index (κ3) is 2.21. The van der Waals surface area contributed by atoms with Crippen LogP contribution < -0.4 is 5.32 Å². The second-order valence-corrected chi connectivity index (χ2v) is 3.92. The summed E-state index contributed by atoms with van der Waals surface area (Å²) in [5.41, 5.74) is 0. The molecule has 2 atom stereocenters. The van der Waals surface area contributed by atoms with Gasteiger partial charge in [-0.1, -0.05) is 5.16 Å². The molecule has 1 aromatic heterocycles. The molecule has 0 aliphatic heterocycles. The van der Waals surface area contributed by atoms with Gasteiger partial charge in [-0.3, -0.25) is 9.59 Å². The van der Waals surface area contributed by atoms with Gasteiger partial charge in [-0.2, -0.15) is 0 Å². The van der Waals surface area contributed by atoms with Crippen LogP contribution in [0.25, 0.3) is 0 Å². The minimum absolute atomic E-state index is 0.183. The van der Waals surface area contributed by atoms with Crippen LogP contribution in [0, 0.1) is 11.8 Å². The lowest BCUT2D eigenvalue weighted by atomic mass is 10.0. The van der Waals surface area contributed by atoms with Crippen LogP contribution in [-0.4, -0.2) is 22.1 Å². The van der Waals surface area contributed by atoms with Crippen LogP contribution in [0.15, 0.2) is 16.9 Å². The molecular weight excluding hydrogens is 212 g/mol. The van der Waals surface area contributed by atoms with Crippen molar-refractivity contribution in [1.82, 2.24) is 5.16 Å². The van der Waals surface area contributed by atoms with Crippen molar-refractivity contribution in [3.63, 3.8) is 0 Å². The van der Waals surface area contributed by atoms with E-state index in [2.05, 4.69) is 15.0 Å². The second kappa shape index (κ2) is 4.34. The number of carbonyl (C=O) groups is 2. The van der Waals surface area contributed by atoms with Crippen molar-refractivity contribution in [2.24, 2.45) is 11.8 Å². The molecule has 6 heteroatoms. The highest BCUT2D eigenvalue weighted by molar-refractivity contribution is 5.92. The minimum atomic E-state index is -0.822. The number of hydrogen-bond donors (Lipinski definition) is 2. The largest absolute Gasteiger partial charge is 0.481 e. The summed E-state index contributed by atoms with van der Waals surface area (Å²) in [5, 5.41) is 15.0. The van der Waals surface area contributed by atoms with Gasteiger partial charge in [-0.15, -0.1) is 0 Å². The van der Waals surface area contributed by atoms with E-state index < -0.39 is 11.9 Å². The number of carboxylic acids is 1. The average molecular weight is 224 g/mol. The first-order valence-electron chi connectivity index (χ1n) is 5.11. The molecule has 86 valence electrons. The summed E-state index contributed by atoms with van der Waals surface area (Å²) >= 11 is 0. The van der Waals surface area contributed by atoms with Crippen molar-refractivity contribution >= 4 is 17.7 Å². The number of nitrogens with one attached hydrogen (secondary N) is 1. The molecule has 1 saturated carbocycles. The summed E-state index contributed by atoms with van der Waals surface area (Å²) in [6.45, 7) is 0.